The van der Waals surface area contributed by atoms with E-state index in [1.165, 1.54) is 12.1 Å². The lowest BCUT2D eigenvalue weighted by Gasteiger charge is -2.27. The van der Waals surface area contributed by atoms with Crippen molar-refractivity contribution in [3.8, 4) is 0 Å². The molecule has 0 aliphatic carbocycles. The van der Waals surface area contributed by atoms with Gasteiger partial charge in [-0.1, -0.05) is 0 Å². The first-order chi connectivity index (χ1) is 10.0. The van der Waals surface area contributed by atoms with E-state index in [0.29, 0.717) is 19.8 Å². The molecule has 0 amide bonds. The molecule has 0 saturated carbocycles. The minimum Gasteiger partial charge on any atom is -0.378 e. The van der Waals surface area contributed by atoms with E-state index in [1.807, 2.05) is 11.5 Å². The minimum atomic E-state index is -0.402. The van der Waals surface area contributed by atoms with Gasteiger partial charge in [-0.25, -0.2) is 9.37 Å². The van der Waals surface area contributed by atoms with Crippen molar-refractivity contribution in [2.75, 3.05) is 20.3 Å². The van der Waals surface area contributed by atoms with Gasteiger partial charge < -0.3 is 14.0 Å². The Labute approximate surface area is 127 Å². The van der Waals surface area contributed by atoms with Gasteiger partial charge in [0.05, 0.1) is 29.6 Å². The molecular weight excluding hydrogens is 295 g/mol. The van der Waals surface area contributed by atoms with E-state index in [9.17, 15) is 4.39 Å². The molecular formula is C15H18ClFN2O2. The van der Waals surface area contributed by atoms with Crippen LogP contribution >= 0.6 is 11.6 Å². The van der Waals surface area contributed by atoms with Gasteiger partial charge in [0.2, 0.25) is 0 Å². The number of rotatable bonds is 4. The van der Waals surface area contributed by atoms with Gasteiger partial charge in [0, 0.05) is 20.1 Å². The molecule has 3 rings (SSSR count). The van der Waals surface area contributed by atoms with Crippen molar-refractivity contribution >= 4 is 22.6 Å². The number of imidazole rings is 1. The lowest BCUT2D eigenvalue weighted by Crippen LogP contribution is -2.37. The summed E-state index contributed by atoms with van der Waals surface area (Å²) in [7, 11) is 1.68. The predicted octanol–water partition coefficient (Wildman–Crippen LogP) is 3.28. The first-order valence-corrected chi connectivity index (χ1v) is 7.41. The Balaban J connectivity index is 2.10. The molecule has 1 aromatic carbocycles. The van der Waals surface area contributed by atoms with Gasteiger partial charge in [-0.3, -0.25) is 0 Å². The van der Waals surface area contributed by atoms with Crippen LogP contribution in [-0.4, -0.2) is 35.5 Å². The number of benzene rings is 1. The van der Waals surface area contributed by atoms with Crippen LogP contribution in [0.25, 0.3) is 11.0 Å². The summed E-state index contributed by atoms with van der Waals surface area (Å²) in [5.41, 5.74) is 1.07. The fraction of sp³-hybridized carbons (Fsp3) is 0.533. The molecule has 1 aliphatic rings. The number of hydrogen-bond donors (Lipinski definition) is 0. The lowest BCUT2D eigenvalue weighted by molar-refractivity contribution is -0.0292. The summed E-state index contributed by atoms with van der Waals surface area (Å²) in [5.74, 6) is 0.437. The number of halogens is 2. The Morgan fingerprint density at radius 3 is 3.00 bits per heavy atom. The molecule has 1 aliphatic heterocycles. The molecule has 1 fully saturated rings. The Bertz CT molecular complexity index is 650. The SMILES string of the molecule is COC1(Cn2c(C(C)Cl)nc3ccc(F)cc32)CCOC1. The number of alkyl halides is 1. The molecule has 114 valence electrons. The molecule has 1 saturated heterocycles. The number of aromatic nitrogens is 2. The monoisotopic (exact) mass is 312 g/mol. The maximum Gasteiger partial charge on any atom is 0.127 e. The van der Waals surface area contributed by atoms with Crippen molar-refractivity contribution in [1.82, 2.24) is 9.55 Å². The zero-order valence-electron chi connectivity index (χ0n) is 12.1. The van der Waals surface area contributed by atoms with Crippen LogP contribution in [0.2, 0.25) is 0 Å². The van der Waals surface area contributed by atoms with Crippen LogP contribution in [0.3, 0.4) is 0 Å². The van der Waals surface area contributed by atoms with Gasteiger partial charge in [0.1, 0.15) is 17.2 Å². The van der Waals surface area contributed by atoms with E-state index in [0.717, 1.165) is 23.3 Å². The fourth-order valence-corrected chi connectivity index (χ4v) is 2.98. The summed E-state index contributed by atoms with van der Waals surface area (Å²) in [5, 5.41) is -0.267. The average Bonchev–Trinajstić information content (AvgIpc) is 3.05. The summed E-state index contributed by atoms with van der Waals surface area (Å²) in [6.07, 6.45) is 0.800. The molecule has 4 nitrogen and oxygen atoms in total. The molecule has 0 radical (unpaired) electrons. The van der Waals surface area contributed by atoms with Crippen molar-refractivity contribution in [1.29, 1.82) is 0 Å². The number of ether oxygens (including phenoxy) is 2. The van der Waals surface area contributed by atoms with E-state index in [2.05, 4.69) is 4.98 Å². The van der Waals surface area contributed by atoms with Crippen LogP contribution < -0.4 is 0 Å². The molecule has 0 N–H and O–H groups in total. The van der Waals surface area contributed by atoms with E-state index < -0.39 is 5.60 Å². The molecule has 21 heavy (non-hydrogen) atoms. The Morgan fingerprint density at radius 1 is 1.57 bits per heavy atom. The summed E-state index contributed by atoms with van der Waals surface area (Å²) >= 11 is 6.24. The van der Waals surface area contributed by atoms with E-state index in [4.69, 9.17) is 21.1 Å². The topological polar surface area (TPSA) is 36.3 Å². The fourth-order valence-electron chi connectivity index (χ4n) is 2.81. The number of fused-ring (bicyclic) bond motifs is 1. The van der Waals surface area contributed by atoms with Crippen LogP contribution in [0.1, 0.15) is 24.5 Å². The molecule has 1 aromatic heterocycles. The molecule has 2 atom stereocenters. The lowest BCUT2D eigenvalue weighted by atomic mass is 10.0. The van der Waals surface area contributed by atoms with Crippen LogP contribution in [0, 0.1) is 5.82 Å². The molecule has 6 heteroatoms. The third-order valence-electron chi connectivity index (χ3n) is 4.04. The maximum absolute atomic E-state index is 13.6. The maximum atomic E-state index is 13.6. The molecule has 2 aromatic rings. The highest BCUT2D eigenvalue weighted by atomic mass is 35.5. The van der Waals surface area contributed by atoms with E-state index in [-0.39, 0.29) is 11.2 Å². The largest absolute Gasteiger partial charge is 0.378 e. The van der Waals surface area contributed by atoms with Crippen LogP contribution in [0.5, 0.6) is 0 Å². The summed E-state index contributed by atoms with van der Waals surface area (Å²) in [6, 6.07) is 4.58. The Morgan fingerprint density at radius 2 is 2.38 bits per heavy atom. The van der Waals surface area contributed by atoms with Gasteiger partial charge in [-0.2, -0.15) is 0 Å². The summed E-state index contributed by atoms with van der Waals surface area (Å²) < 4.78 is 26.7. The third-order valence-corrected chi connectivity index (χ3v) is 4.24. The second-order valence-electron chi connectivity index (χ2n) is 5.49. The van der Waals surface area contributed by atoms with Gasteiger partial charge in [-0.15, -0.1) is 11.6 Å². The zero-order chi connectivity index (χ0) is 15.0. The van der Waals surface area contributed by atoms with Gasteiger partial charge in [0.25, 0.3) is 0 Å². The highest BCUT2D eigenvalue weighted by Crippen LogP contribution is 2.31. The first-order valence-electron chi connectivity index (χ1n) is 6.97. The van der Waals surface area contributed by atoms with Crippen LogP contribution in [0.4, 0.5) is 4.39 Å². The molecule has 0 spiro atoms. The Kier molecular flexibility index (Phi) is 3.90. The van der Waals surface area contributed by atoms with Crippen molar-refractivity contribution in [2.45, 2.75) is 30.9 Å². The number of methoxy groups -OCH3 is 1. The highest BCUT2D eigenvalue weighted by Gasteiger charge is 2.36. The zero-order valence-corrected chi connectivity index (χ0v) is 12.9. The normalized spacial score (nSPS) is 23.8. The minimum absolute atomic E-state index is 0.267. The highest BCUT2D eigenvalue weighted by molar-refractivity contribution is 6.20. The van der Waals surface area contributed by atoms with Crippen LogP contribution in [0.15, 0.2) is 18.2 Å². The van der Waals surface area contributed by atoms with Crippen LogP contribution in [-0.2, 0) is 16.0 Å². The van der Waals surface area contributed by atoms with Gasteiger partial charge >= 0.3 is 0 Å². The quantitative estimate of drug-likeness (QED) is 0.813. The number of hydrogen-bond acceptors (Lipinski definition) is 3. The standard InChI is InChI=1S/C15H18ClFN2O2/c1-10(16)14-18-12-4-3-11(17)7-13(12)19(14)8-15(20-2)5-6-21-9-15/h3-4,7,10H,5-6,8-9H2,1-2H3. The Hall–Kier alpha value is -1.17. The number of nitrogens with zero attached hydrogens (tertiary/aromatic N) is 2. The van der Waals surface area contributed by atoms with E-state index >= 15 is 0 Å². The van der Waals surface area contributed by atoms with Crippen molar-refractivity contribution < 1.29 is 13.9 Å². The van der Waals surface area contributed by atoms with Crippen molar-refractivity contribution in [2.24, 2.45) is 0 Å². The van der Waals surface area contributed by atoms with E-state index in [1.54, 1.807) is 13.2 Å². The predicted molar refractivity (Wildman–Crippen MR) is 79.1 cm³/mol. The summed E-state index contributed by atoms with van der Waals surface area (Å²) in [4.78, 5) is 4.53. The van der Waals surface area contributed by atoms with Gasteiger partial charge in [-0.05, 0) is 25.1 Å². The summed E-state index contributed by atoms with van der Waals surface area (Å²) in [6.45, 7) is 3.60. The molecule has 0 bridgehead atoms. The third kappa shape index (κ3) is 2.65. The smallest absolute Gasteiger partial charge is 0.127 e. The molecule has 2 heterocycles. The molecule has 2 unspecified atom stereocenters. The van der Waals surface area contributed by atoms with Gasteiger partial charge in [0.15, 0.2) is 0 Å². The average molecular weight is 313 g/mol. The van der Waals surface area contributed by atoms with Crippen molar-refractivity contribution in [3.05, 3.63) is 29.8 Å². The second kappa shape index (κ2) is 5.55. The first kappa shape index (κ1) is 14.8. The van der Waals surface area contributed by atoms with Crippen molar-refractivity contribution in [3.63, 3.8) is 0 Å². The second-order valence-corrected chi connectivity index (χ2v) is 6.15.